The lowest BCUT2D eigenvalue weighted by Gasteiger charge is -2.44. The van der Waals surface area contributed by atoms with Crippen LogP contribution in [0.15, 0.2) is 60.7 Å². The van der Waals surface area contributed by atoms with Gasteiger partial charge in [-0.1, -0.05) is 60.7 Å². The van der Waals surface area contributed by atoms with Crippen molar-refractivity contribution in [1.82, 2.24) is 20.4 Å². The molecule has 6 heteroatoms. The fraction of sp³-hybridized carbons (Fsp3) is 0.440. The Morgan fingerprint density at radius 1 is 1.03 bits per heavy atom. The van der Waals surface area contributed by atoms with Crippen LogP contribution in [0.4, 0.5) is 4.79 Å². The van der Waals surface area contributed by atoms with Crippen molar-refractivity contribution in [2.24, 2.45) is 0 Å². The van der Waals surface area contributed by atoms with Crippen LogP contribution in [0.25, 0.3) is 0 Å². The highest BCUT2D eigenvalue weighted by Crippen LogP contribution is 2.34. The quantitative estimate of drug-likeness (QED) is 0.781. The number of benzene rings is 2. The zero-order valence-corrected chi connectivity index (χ0v) is 18.4. The predicted octanol–water partition coefficient (Wildman–Crippen LogP) is 3.14. The van der Waals surface area contributed by atoms with Crippen molar-refractivity contribution in [3.05, 3.63) is 71.8 Å². The van der Waals surface area contributed by atoms with Crippen LogP contribution in [0.2, 0.25) is 0 Å². The van der Waals surface area contributed by atoms with Crippen LogP contribution in [0.3, 0.4) is 0 Å². The highest BCUT2D eigenvalue weighted by molar-refractivity contribution is 5.85. The lowest BCUT2D eigenvalue weighted by molar-refractivity contribution is -0.134. The summed E-state index contributed by atoms with van der Waals surface area (Å²) in [5, 5.41) is 6.67. The molecule has 0 bridgehead atoms. The number of carbonyl (C=O) groups excluding carboxylic acids is 2. The summed E-state index contributed by atoms with van der Waals surface area (Å²) in [5.74, 6) is 0.146. The van der Waals surface area contributed by atoms with Gasteiger partial charge >= 0.3 is 6.03 Å². The monoisotopic (exact) mass is 420 g/mol. The molecule has 0 radical (unpaired) electrons. The zero-order chi connectivity index (χ0) is 21.8. The fourth-order valence-electron chi connectivity index (χ4n) is 4.68. The maximum absolute atomic E-state index is 13.5. The average Bonchev–Trinajstić information content (AvgIpc) is 3.00. The van der Waals surface area contributed by atoms with Gasteiger partial charge < -0.3 is 15.1 Å². The van der Waals surface area contributed by atoms with Crippen LogP contribution >= 0.6 is 0 Å². The van der Waals surface area contributed by atoms with Crippen molar-refractivity contribution in [3.63, 3.8) is 0 Å². The number of hydrogen-bond donors (Lipinski definition) is 2. The van der Waals surface area contributed by atoms with Gasteiger partial charge in [-0.2, -0.15) is 0 Å². The zero-order valence-electron chi connectivity index (χ0n) is 18.4. The molecule has 2 fully saturated rings. The van der Waals surface area contributed by atoms with E-state index in [0.29, 0.717) is 26.1 Å². The Kier molecular flexibility index (Phi) is 6.28. The van der Waals surface area contributed by atoms with E-state index < -0.39 is 5.66 Å². The smallest absolute Gasteiger partial charge is 0.317 e. The van der Waals surface area contributed by atoms with Gasteiger partial charge in [0.2, 0.25) is 5.91 Å². The molecule has 1 atom stereocenters. The van der Waals surface area contributed by atoms with Gasteiger partial charge in [0.05, 0.1) is 11.7 Å². The van der Waals surface area contributed by atoms with Crippen LogP contribution in [0.5, 0.6) is 0 Å². The van der Waals surface area contributed by atoms with Crippen molar-refractivity contribution in [2.75, 3.05) is 13.1 Å². The molecule has 2 aliphatic heterocycles. The maximum Gasteiger partial charge on any atom is 0.317 e. The van der Waals surface area contributed by atoms with Gasteiger partial charge in [0.25, 0.3) is 0 Å². The van der Waals surface area contributed by atoms with Crippen molar-refractivity contribution in [2.45, 2.75) is 57.4 Å². The molecule has 0 aliphatic carbocycles. The SMILES string of the molecule is CC(C)NC(=O)N1CCC2(CC1)N[C@H](Cc1ccccc1)C(=O)N2Cc1ccccc1. The van der Waals surface area contributed by atoms with Gasteiger partial charge in [0, 0.05) is 38.5 Å². The molecular formula is C25H32N4O2. The predicted molar refractivity (Wildman–Crippen MR) is 121 cm³/mol. The summed E-state index contributed by atoms with van der Waals surface area (Å²) >= 11 is 0. The van der Waals surface area contributed by atoms with Crippen molar-refractivity contribution >= 4 is 11.9 Å². The van der Waals surface area contributed by atoms with Gasteiger partial charge in [-0.25, -0.2) is 4.79 Å². The summed E-state index contributed by atoms with van der Waals surface area (Å²) in [6.07, 6.45) is 2.12. The molecule has 6 nitrogen and oxygen atoms in total. The first-order valence-corrected chi connectivity index (χ1v) is 11.2. The summed E-state index contributed by atoms with van der Waals surface area (Å²) < 4.78 is 0. The Labute approximate surface area is 184 Å². The molecule has 2 aromatic rings. The first-order chi connectivity index (χ1) is 15.0. The van der Waals surface area contributed by atoms with Crippen LogP contribution in [0.1, 0.15) is 37.8 Å². The Morgan fingerprint density at radius 2 is 1.61 bits per heavy atom. The van der Waals surface area contributed by atoms with E-state index in [1.54, 1.807) is 0 Å². The highest BCUT2D eigenvalue weighted by atomic mass is 16.2. The van der Waals surface area contributed by atoms with Gasteiger partial charge in [-0.3, -0.25) is 10.1 Å². The molecule has 31 heavy (non-hydrogen) atoms. The first kappa shape index (κ1) is 21.4. The number of carbonyl (C=O) groups is 2. The van der Waals surface area contributed by atoms with Crippen LogP contribution in [-0.2, 0) is 17.8 Å². The minimum atomic E-state index is -0.416. The molecule has 3 amide bonds. The maximum atomic E-state index is 13.5. The normalized spacial score (nSPS) is 20.5. The number of urea groups is 1. The fourth-order valence-corrected chi connectivity index (χ4v) is 4.68. The van der Waals surface area contributed by atoms with Gasteiger partial charge in [0.1, 0.15) is 0 Å². The van der Waals surface area contributed by atoms with Crippen molar-refractivity contribution in [3.8, 4) is 0 Å². The molecule has 4 rings (SSSR count). The summed E-state index contributed by atoms with van der Waals surface area (Å²) in [4.78, 5) is 29.9. The first-order valence-electron chi connectivity index (χ1n) is 11.2. The highest BCUT2D eigenvalue weighted by Gasteiger charge is 2.51. The number of nitrogens with one attached hydrogen (secondary N) is 2. The standard InChI is InChI=1S/C25H32N4O2/c1-19(2)26-24(31)28-15-13-25(14-16-28)27-22(17-20-9-5-3-6-10-20)23(30)29(25)18-21-11-7-4-8-12-21/h3-12,19,22,27H,13-18H2,1-2H3,(H,26,31)/t22-/m1/s1. The van der Waals surface area contributed by atoms with Crippen LogP contribution in [0, 0.1) is 0 Å². The van der Waals surface area contributed by atoms with Crippen LogP contribution < -0.4 is 10.6 Å². The van der Waals surface area contributed by atoms with E-state index >= 15 is 0 Å². The number of likely N-dealkylation sites (tertiary alicyclic amines) is 1. The van der Waals surface area contributed by atoms with Crippen molar-refractivity contribution < 1.29 is 9.59 Å². The Hall–Kier alpha value is -2.86. The summed E-state index contributed by atoms with van der Waals surface area (Å²) in [6, 6.07) is 20.1. The topological polar surface area (TPSA) is 64.7 Å². The Morgan fingerprint density at radius 3 is 2.19 bits per heavy atom. The molecule has 2 saturated heterocycles. The van der Waals surface area contributed by atoms with Gasteiger partial charge in [-0.15, -0.1) is 0 Å². The minimum absolute atomic E-state index is 0.0235. The summed E-state index contributed by atoms with van der Waals surface area (Å²) in [5.41, 5.74) is 1.86. The number of piperidine rings is 1. The lowest BCUT2D eigenvalue weighted by Crippen LogP contribution is -2.60. The molecule has 0 unspecified atom stereocenters. The second kappa shape index (κ2) is 9.10. The third kappa shape index (κ3) is 4.74. The lowest BCUT2D eigenvalue weighted by atomic mass is 9.95. The molecule has 1 spiro atoms. The van der Waals surface area contributed by atoms with Crippen molar-refractivity contribution in [1.29, 1.82) is 0 Å². The van der Waals surface area contributed by atoms with E-state index in [-0.39, 0.29) is 24.0 Å². The van der Waals surface area contributed by atoms with E-state index in [1.807, 2.05) is 60.0 Å². The second-order valence-electron chi connectivity index (χ2n) is 8.92. The molecule has 0 aromatic heterocycles. The van der Waals surface area contributed by atoms with E-state index in [9.17, 15) is 9.59 Å². The molecule has 2 N–H and O–H groups in total. The minimum Gasteiger partial charge on any atom is -0.336 e. The number of amides is 3. The Bertz CT molecular complexity index is 892. The third-order valence-electron chi connectivity index (χ3n) is 6.28. The van der Waals surface area contributed by atoms with Gasteiger partial charge in [-0.05, 0) is 31.4 Å². The van der Waals surface area contributed by atoms with E-state index in [2.05, 4.69) is 34.9 Å². The van der Waals surface area contributed by atoms with E-state index in [1.165, 1.54) is 0 Å². The van der Waals surface area contributed by atoms with Gasteiger partial charge in [0.15, 0.2) is 0 Å². The molecule has 2 aromatic carbocycles. The molecule has 2 aliphatic rings. The van der Waals surface area contributed by atoms with E-state index in [0.717, 1.165) is 24.0 Å². The second-order valence-corrected chi connectivity index (χ2v) is 8.92. The summed E-state index contributed by atoms with van der Waals surface area (Å²) in [6.45, 7) is 5.77. The molecular weight excluding hydrogens is 388 g/mol. The summed E-state index contributed by atoms with van der Waals surface area (Å²) in [7, 11) is 0. The molecule has 0 saturated carbocycles. The van der Waals surface area contributed by atoms with Crippen LogP contribution in [-0.4, -0.2) is 52.6 Å². The van der Waals surface area contributed by atoms with E-state index in [4.69, 9.17) is 0 Å². The third-order valence-corrected chi connectivity index (χ3v) is 6.28. The molecule has 164 valence electrons. The largest absolute Gasteiger partial charge is 0.336 e. The number of nitrogens with zero attached hydrogens (tertiary/aromatic N) is 2. The average molecular weight is 421 g/mol. The molecule has 2 heterocycles. The number of hydrogen-bond acceptors (Lipinski definition) is 3. The number of rotatable bonds is 5. The Balaban J connectivity index is 1.53.